The Hall–Kier alpha value is -2.77. The zero-order valence-electron chi connectivity index (χ0n) is 14.7. The molecule has 2 aromatic carbocycles. The summed E-state index contributed by atoms with van der Waals surface area (Å²) in [6, 6.07) is 12.0. The molecule has 140 valence electrons. The van der Waals surface area contributed by atoms with Crippen LogP contribution in [0.5, 0.6) is 17.2 Å². The molecule has 0 unspecified atom stereocenters. The number of nitrogens with zero attached hydrogens (tertiary/aromatic N) is 1. The van der Waals surface area contributed by atoms with Gasteiger partial charge in [-0.3, -0.25) is 14.2 Å². The summed E-state index contributed by atoms with van der Waals surface area (Å²) in [5.74, 6) is 1.38. The predicted molar refractivity (Wildman–Crippen MR) is 106 cm³/mol. The van der Waals surface area contributed by atoms with Crippen LogP contribution < -0.4 is 19.7 Å². The molecular weight excluding hydrogens is 388 g/mol. The Balaban J connectivity index is 1.79. The van der Waals surface area contributed by atoms with E-state index in [4.69, 9.17) is 21.1 Å². The third-order valence-electron chi connectivity index (χ3n) is 3.78. The lowest BCUT2D eigenvalue weighted by Gasteiger charge is -2.13. The largest absolute Gasteiger partial charge is 0.497 e. The summed E-state index contributed by atoms with van der Waals surface area (Å²) in [6.45, 7) is 1.70. The summed E-state index contributed by atoms with van der Waals surface area (Å²) in [5, 5.41) is 4.93. The number of halogens is 1. The number of rotatable bonds is 6. The molecular formula is C19H17ClN2O4S. The van der Waals surface area contributed by atoms with Crippen molar-refractivity contribution in [3.63, 3.8) is 0 Å². The molecule has 0 aliphatic heterocycles. The number of thiazole rings is 1. The third kappa shape index (κ3) is 4.69. The fraction of sp³-hybridized carbons (Fsp3) is 0.158. The summed E-state index contributed by atoms with van der Waals surface area (Å²) in [4.78, 5) is 24.0. The first-order valence-electron chi connectivity index (χ1n) is 8.02. The number of hydrogen-bond donors (Lipinski definition) is 1. The lowest BCUT2D eigenvalue weighted by Crippen LogP contribution is -2.25. The zero-order chi connectivity index (χ0) is 19.4. The van der Waals surface area contributed by atoms with E-state index >= 15 is 0 Å². The van der Waals surface area contributed by atoms with Gasteiger partial charge in [-0.25, -0.2) is 0 Å². The highest BCUT2D eigenvalue weighted by Crippen LogP contribution is 2.32. The standard InChI is InChI=1S/C19H17ClN2O4S/c1-12-11-27-19(24)22(12)10-18(23)21-16-9-13(20)3-8-17(16)26-15-6-4-14(25-2)5-7-15/h3-9,11H,10H2,1-2H3,(H,21,23). The van der Waals surface area contributed by atoms with Crippen LogP contribution in [-0.4, -0.2) is 17.6 Å². The van der Waals surface area contributed by atoms with Gasteiger partial charge in [-0.2, -0.15) is 0 Å². The van der Waals surface area contributed by atoms with Gasteiger partial charge in [-0.15, -0.1) is 0 Å². The molecule has 1 N–H and O–H groups in total. The Labute approximate surface area is 164 Å². The van der Waals surface area contributed by atoms with E-state index in [2.05, 4.69) is 5.32 Å². The lowest BCUT2D eigenvalue weighted by molar-refractivity contribution is -0.116. The molecule has 0 bridgehead atoms. The van der Waals surface area contributed by atoms with E-state index < -0.39 is 0 Å². The molecule has 8 heteroatoms. The van der Waals surface area contributed by atoms with Crippen LogP contribution in [-0.2, 0) is 11.3 Å². The molecule has 1 amide bonds. The summed E-state index contributed by atoms with van der Waals surface area (Å²) >= 11 is 7.12. The number of aromatic nitrogens is 1. The van der Waals surface area contributed by atoms with Gasteiger partial charge in [0.15, 0.2) is 5.75 Å². The molecule has 27 heavy (non-hydrogen) atoms. The maximum Gasteiger partial charge on any atom is 0.307 e. The van der Waals surface area contributed by atoms with Gasteiger partial charge in [0, 0.05) is 16.1 Å². The fourth-order valence-corrected chi connectivity index (χ4v) is 3.30. The molecule has 0 saturated heterocycles. The van der Waals surface area contributed by atoms with Crippen molar-refractivity contribution in [1.82, 2.24) is 4.57 Å². The molecule has 0 fully saturated rings. The van der Waals surface area contributed by atoms with E-state index in [1.165, 1.54) is 4.57 Å². The van der Waals surface area contributed by atoms with Gasteiger partial charge in [0.25, 0.3) is 0 Å². The normalized spacial score (nSPS) is 10.5. The Kier molecular flexibility index (Phi) is 5.83. The van der Waals surface area contributed by atoms with Gasteiger partial charge < -0.3 is 14.8 Å². The van der Waals surface area contributed by atoms with Crippen LogP contribution in [0.4, 0.5) is 5.69 Å². The van der Waals surface area contributed by atoms with Gasteiger partial charge in [-0.05, 0) is 49.4 Å². The van der Waals surface area contributed by atoms with Gasteiger partial charge in [0.05, 0.1) is 12.8 Å². The van der Waals surface area contributed by atoms with Crippen LogP contribution in [0.3, 0.4) is 0 Å². The molecule has 6 nitrogen and oxygen atoms in total. The fourth-order valence-electron chi connectivity index (χ4n) is 2.39. The second kappa shape index (κ2) is 8.28. The minimum Gasteiger partial charge on any atom is -0.497 e. The number of methoxy groups -OCH3 is 1. The number of benzene rings is 2. The van der Waals surface area contributed by atoms with Crippen molar-refractivity contribution in [2.45, 2.75) is 13.5 Å². The number of hydrogen-bond acceptors (Lipinski definition) is 5. The molecule has 3 aromatic rings. The molecule has 0 atom stereocenters. The van der Waals surface area contributed by atoms with E-state index in [0.717, 1.165) is 17.0 Å². The molecule has 0 spiro atoms. The first-order chi connectivity index (χ1) is 13.0. The van der Waals surface area contributed by atoms with Gasteiger partial charge >= 0.3 is 4.87 Å². The number of carbonyl (C=O) groups is 1. The number of aryl methyl sites for hydroxylation is 1. The van der Waals surface area contributed by atoms with Gasteiger partial charge in [0.2, 0.25) is 5.91 Å². The first-order valence-corrected chi connectivity index (χ1v) is 9.28. The number of amides is 1. The summed E-state index contributed by atoms with van der Waals surface area (Å²) < 4.78 is 12.4. The van der Waals surface area contributed by atoms with E-state index in [0.29, 0.717) is 28.0 Å². The Morgan fingerprint density at radius 2 is 1.89 bits per heavy atom. The predicted octanol–water partition coefficient (Wildman–Crippen LogP) is 4.31. The molecule has 3 rings (SSSR count). The van der Waals surface area contributed by atoms with Crippen molar-refractivity contribution in [1.29, 1.82) is 0 Å². The number of carbonyl (C=O) groups excluding carboxylic acids is 1. The van der Waals surface area contributed by atoms with Crippen molar-refractivity contribution in [2.24, 2.45) is 0 Å². The van der Waals surface area contributed by atoms with E-state index in [1.54, 1.807) is 61.9 Å². The van der Waals surface area contributed by atoms with Gasteiger partial charge in [-0.1, -0.05) is 22.9 Å². The van der Waals surface area contributed by atoms with Crippen molar-refractivity contribution in [2.75, 3.05) is 12.4 Å². The average molecular weight is 405 g/mol. The van der Waals surface area contributed by atoms with Crippen LogP contribution in [0, 0.1) is 6.92 Å². The summed E-state index contributed by atoms with van der Waals surface area (Å²) in [7, 11) is 1.59. The third-order valence-corrected chi connectivity index (χ3v) is 4.90. The summed E-state index contributed by atoms with van der Waals surface area (Å²) in [5.41, 5.74) is 1.16. The maximum atomic E-state index is 12.4. The maximum absolute atomic E-state index is 12.4. The van der Waals surface area contributed by atoms with Crippen molar-refractivity contribution < 1.29 is 14.3 Å². The minimum absolute atomic E-state index is 0.0807. The number of nitrogens with one attached hydrogen (secondary N) is 1. The van der Waals surface area contributed by atoms with Crippen LogP contribution in [0.1, 0.15) is 5.69 Å². The highest BCUT2D eigenvalue weighted by molar-refractivity contribution is 7.07. The molecule has 0 saturated carbocycles. The molecule has 1 heterocycles. The van der Waals surface area contributed by atoms with Crippen molar-refractivity contribution in [3.05, 3.63) is 68.2 Å². The van der Waals surface area contributed by atoms with E-state index in [-0.39, 0.29) is 17.3 Å². The minimum atomic E-state index is -0.347. The van der Waals surface area contributed by atoms with Crippen molar-refractivity contribution >= 4 is 34.5 Å². The van der Waals surface area contributed by atoms with E-state index in [1.807, 2.05) is 0 Å². The lowest BCUT2D eigenvalue weighted by atomic mass is 10.2. The SMILES string of the molecule is COc1ccc(Oc2ccc(Cl)cc2NC(=O)Cn2c(C)csc2=O)cc1. The second-order valence-corrected chi connectivity index (χ2v) is 6.95. The van der Waals surface area contributed by atoms with Crippen LogP contribution in [0.15, 0.2) is 52.6 Å². The molecule has 0 aliphatic rings. The Bertz CT molecular complexity index is 1010. The zero-order valence-corrected chi connectivity index (χ0v) is 16.3. The summed E-state index contributed by atoms with van der Waals surface area (Å²) in [6.07, 6.45) is 0. The molecule has 1 aromatic heterocycles. The van der Waals surface area contributed by atoms with E-state index in [9.17, 15) is 9.59 Å². The quantitative estimate of drug-likeness (QED) is 0.664. The molecule has 0 aliphatic carbocycles. The second-order valence-electron chi connectivity index (χ2n) is 5.70. The smallest absolute Gasteiger partial charge is 0.307 e. The highest BCUT2D eigenvalue weighted by Gasteiger charge is 2.13. The Morgan fingerprint density at radius 1 is 1.19 bits per heavy atom. The number of anilines is 1. The van der Waals surface area contributed by atoms with Gasteiger partial charge in [0.1, 0.15) is 18.0 Å². The average Bonchev–Trinajstić information content (AvgIpc) is 2.96. The van der Waals surface area contributed by atoms with Crippen LogP contribution in [0.25, 0.3) is 0 Å². The van der Waals surface area contributed by atoms with Crippen molar-refractivity contribution in [3.8, 4) is 17.2 Å². The van der Waals surface area contributed by atoms with Crippen LogP contribution in [0.2, 0.25) is 5.02 Å². The number of ether oxygens (including phenoxy) is 2. The monoisotopic (exact) mass is 404 g/mol. The van der Waals surface area contributed by atoms with Crippen LogP contribution >= 0.6 is 22.9 Å². The topological polar surface area (TPSA) is 69.6 Å². The highest BCUT2D eigenvalue weighted by atomic mass is 35.5. The Morgan fingerprint density at radius 3 is 2.52 bits per heavy atom. The molecule has 0 radical (unpaired) electrons. The first kappa shape index (κ1) is 19.0.